The third kappa shape index (κ3) is 2.92. The normalized spacial score (nSPS) is 14.6. The van der Waals surface area contributed by atoms with E-state index in [9.17, 15) is 14.3 Å². The zero-order valence-corrected chi connectivity index (χ0v) is 13.8. The Morgan fingerprint density at radius 1 is 1.16 bits per heavy atom. The number of hydrogen-bond acceptors (Lipinski definition) is 4. The molecule has 1 aliphatic heterocycles. The number of rotatable bonds is 3. The van der Waals surface area contributed by atoms with E-state index in [0.29, 0.717) is 11.3 Å². The van der Waals surface area contributed by atoms with Gasteiger partial charge in [0, 0.05) is 17.4 Å². The molecule has 1 aromatic heterocycles. The lowest BCUT2D eigenvalue weighted by Crippen LogP contribution is -1.95. The standard InChI is InChI=1S/C19H13FN2O2S/c20-12-7-5-11(6-8-12)9-14(17-18(23)22-19(24)25-17)15-10-21-16-4-2-1-3-13(15)16/h1-8,10,23H,9H2,(H,22,24). The average Bonchev–Trinajstić information content (AvgIpc) is 3.17. The fraction of sp³-hybridized carbons (Fsp3) is 0.0526. The maximum atomic E-state index is 13.2. The molecule has 1 aliphatic rings. The van der Waals surface area contributed by atoms with Gasteiger partial charge >= 0.3 is 4.87 Å². The van der Waals surface area contributed by atoms with Gasteiger partial charge in [-0.2, -0.15) is 0 Å². The van der Waals surface area contributed by atoms with Gasteiger partial charge in [0.05, 0.1) is 10.6 Å². The van der Waals surface area contributed by atoms with Crippen molar-refractivity contribution in [1.82, 2.24) is 4.98 Å². The van der Waals surface area contributed by atoms with Crippen LogP contribution in [-0.2, 0) is 6.42 Å². The topological polar surface area (TPSA) is 65.5 Å². The Bertz CT molecular complexity index is 1060. The largest absolute Gasteiger partial charge is 0.493 e. The predicted molar refractivity (Wildman–Crippen MR) is 98.1 cm³/mol. The molecule has 0 unspecified atom stereocenters. The van der Waals surface area contributed by atoms with Crippen molar-refractivity contribution in [3.05, 3.63) is 80.0 Å². The maximum absolute atomic E-state index is 13.2. The fourth-order valence-electron chi connectivity index (χ4n) is 2.89. The van der Waals surface area contributed by atoms with Crippen LogP contribution in [0.2, 0.25) is 0 Å². The Labute approximate surface area is 146 Å². The number of aliphatic imine (C=N–C) groups is 1. The van der Waals surface area contributed by atoms with E-state index in [0.717, 1.165) is 39.3 Å². The van der Waals surface area contributed by atoms with Crippen molar-refractivity contribution >= 4 is 34.4 Å². The van der Waals surface area contributed by atoms with E-state index in [1.54, 1.807) is 18.3 Å². The van der Waals surface area contributed by atoms with Crippen molar-refractivity contribution < 1.29 is 9.50 Å². The van der Waals surface area contributed by atoms with Gasteiger partial charge in [-0.25, -0.2) is 4.39 Å². The summed E-state index contributed by atoms with van der Waals surface area (Å²) in [5.74, 6) is -0.461. The zero-order chi connectivity index (χ0) is 17.4. The monoisotopic (exact) mass is 352 g/mol. The van der Waals surface area contributed by atoms with Crippen LogP contribution in [0.3, 0.4) is 0 Å². The number of aromatic nitrogens is 1. The average molecular weight is 352 g/mol. The molecule has 25 heavy (non-hydrogen) atoms. The molecule has 0 atom stereocenters. The second-order valence-electron chi connectivity index (χ2n) is 5.66. The highest BCUT2D eigenvalue weighted by molar-refractivity contribution is 7.10. The third-order valence-corrected chi connectivity index (χ3v) is 4.98. The SMILES string of the molecule is O=c1[nH]c(O)c(C(Cc2ccc(F)cc2)=C2C=Nc3ccccc32)s1. The number of H-pyrrole nitrogens is 1. The van der Waals surface area contributed by atoms with E-state index in [2.05, 4.69) is 9.98 Å². The molecule has 2 N–H and O–H groups in total. The number of para-hydroxylation sites is 1. The highest BCUT2D eigenvalue weighted by Crippen LogP contribution is 2.40. The van der Waals surface area contributed by atoms with Crippen LogP contribution in [0.1, 0.15) is 16.0 Å². The van der Waals surface area contributed by atoms with Gasteiger partial charge < -0.3 is 5.11 Å². The summed E-state index contributed by atoms with van der Waals surface area (Å²) in [5, 5.41) is 10.1. The van der Waals surface area contributed by atoms with Gasteiger partial charge in [-0.3, -0.25) is 14.8 Å². The molecule has 6 heteroatoms. The Morgan fingerprint density at radius 3 is 2.64 bits per heavy atom. The molecule has 2 aromatic carbocycles. The number of nitrogens with zero attached hydrogens (tertiary/aromatic N) is 1. The molecule has 0 spiro atoms. The summed E-state index contributed by atoms with van der Waals surface area (Å²) in [5.41, 5.74) is 4.30. The first-order valence-electron chi connectivity index (χ1n) is 7.65. The van der Waals surface area contributed by atoms with Crippen molar-refractivity contribution in [3.8, 4) is 5.88 Å². The van der Waals surface area contributed by atoms with Gasteiger partial charge in [0.2, 0.25) is 5.88 Å². The smallest absolute Gasteiger partial charge is 0.307 e. The number of benzene rings is 2. The van der Waals surface area contributed by atoms with Gasteiger partial charge in [-0.05, 0) is 35.8 Å². The van der Waals surface area contributed by atoms with Crippen molar-refractivity contribution in [2.45, 2.75) is 6.42 Å². The van der Waals surface area contributed by atoms with Gasteiger partial charge in [0.15, 0.2) is 0 Å². The summed E-state index contributed by atoms with van der Waals surface area (Å²) in [6, 6.07) is 13.9. The van der Waals surface area contributed by atoms with Crippen molar-refractivity contribution in [2.24, 2.45) is 4.99 Å². The lowest BCUT2D eigenvalue weighted by Gasteiger charge is -2.10. The second kappa shape index (κ2) is 6.14. The van der Waals surface area contributed by atoms with E-state index in [-0.39, 0.29) is 16.6 Å². The van der Waals surface area contributed by atoms with Crippen LogP contribution in [0, 0.1) is 5.82 Å². The molecule has 4 nitrogen and oxygen atoms in total. The molecule has 0 aliphatic carbocycles. The summed E-state index contributed by atoms with van der Waals surface area (Å²) >= 11 is 0.952. The van der Waals surface area contributed by atoms with Crippen LogP contribution < -0.4 is 4.87 Å². The quantitative estimate of drug-likeness (QED) is 0.744. The zero-order valence-electron chi connectivity index (χ0n) is 13.0. The van der Waals surface area contributed by atoms with E-state index >= 15 is 0 Å². The maximum Gasteiger partial charge on any atom is 0.307 e. The molecule has 0 saturated carbocycles. The molecular weight excluding hydrogens is 339 g/mol. The minimum absolute atomic E-state index is 0.155. The lowest BCUT2D eigenvalue weighted by atomic mass is 9.95. The highest BCUT2D eigenvalue weighted by Gasteiger charge is 2.21. The number of aromatic amines is 1. The van der Waals surface area contributed by atoms with E-state index in [4.69, 9.17) is 0 Å². The molecule has 4 rings (SSSR count). The molecule has 0 bridgehead atoms. The van der Waals surface area contributed by atoms with Crippen molar-refractivity contribution in [2.75, 3.05) is 0 Å². The van der Waals surface area contributed by atoms with Crippen LogP contribution in [0.5, 0.6) is 5.88 Å². The number of aromatic hydroxyl groups is 1. The number of thiazole rings is 1. The first kappa shape index (κ1) is 15.5. The number of halogens is 1. The molecular formula is C19H13FN2O2S. The molecule has 2 heterocycles. The van der Waals surface area contributed by atoms with Gasteiger partial charge in [-0.1, -0.05) is 41.7 Å². The minimum atomic E-state index is -0.326. The minimum Gasteiger partial charge on any atom is -0.493 e. The van der Waals surface area contributed by atoms with Gasteiger partial charge in [0.25, 0.3) is 0 Å². The number of hydrogen-bond donors (Lipinski definition) is 2. The predicted octanol–water partition coefficient (Wildman–Crippen LogP) is 4.15. The molecule has 0 fully saturated rings. The van der Waals surface area contributed by atoms with Crippen molar-refractivity contribution in [1.29, 1.82) is 0 Å². The Balaban J connectivity index is 1.89. The van der Waals surface area contributed by atoms with Crippen molar-refractivity contribution in [3.63, 3.8) is 0 Å². The first-order valence-corrected chi connectivity index (χ1v) is 8.47. The van der Waals surface area contributed by atoms with E-state index in [1.807, 2.05) is 24.3 Å². The number of nitrogens with one attached hydrogen (secondary N) is 1. The Kier molecular flexibility index (Phi) is 3.82. The first-order chi connectivity index (χ1) is 12.1. The molecule has 0 radical (unpaired) electrons. The van der Waals surface area contributed by atoms with Crippen LogP contribution in [0.4, 0.5) is 10.1 Å². The van der Waals surface area contributed by atoms with E-state index in [1.165, 1.54) is 12.1 Å². The summed E-state index contributed by atoms with van der Waals surface area (Å²) in [4.78, 5) is 18.6. The van der Waals surface area contributed by atoms with Gasteiger partial charge in [0.1, 0.15) is 5.82 Å². The Hall–Kier alpha value is -2.99. The van der Waals surface area contributed by atoms with Crippen LogP contribution in [0.15, 0.2) is 58.3 Å². The molecule has 3 aromatic rings. The van der Waals surface area contributed by atoms with Gasteiger partial charge in [-0.15, -0.1) is 0 Å². The Morgan fingerprint density at radius 2 is 1.92 bits per heavy atom. The number of allylic oxidation sites excluding steroid dienone is 2. The fourth-order valence-corrected chi connectivity index (χ4v) is 3.67. The van der Waals surface area contributed by atoms with Crippen LogP contribution >= 0.6 is 11.3 Å². The summed E-state index contributed by atoms with van der Waals surface area (Å²) < 4.78 is 13.2. The summed E-state index contributed by atoms with van der Waals surface area (Å²) in [6.07, 6.45) is 2.19. The highest BCUT2D eigenvalue weighted by atomic mass is 32.1. The second-order valence-corrected chi connectivity index (χ2v) is 6.65. The molecule has 0 amide bonds. The van der Waals surface area contributed by atoms with Crippen LogP contribution in [-0.4, -0.2) is 16.3 Å². The van der Waals surface area contributed by atoms with Crippen LogP contribution in [0.25, 0.3) is 11.1 Å². The lowest BCUT2D eigenvalue weighted by molar-refractivity contribution is 0.454. The number of fused-ring (bicyclic) bond motifs is 1. The molecule has 124 valence electrons. The van der Waals surface area contributed by atoms with E-state index < -0.39 is 0 Å². The summed E-state index contributed by atoms with van der Waals surface area (Å²) in [6.45, 7) is 0. The third-order valence-electron chi connectivity index (χ3n) is 4.05. The molecule has 0 saturated heterocycles. The summed E-state index contributed by atoms with van der Waals surface area (Å²) in [7, 11) is 0.